The van der Waals surface area contributed by atoms with Crippen molar-refractivity contribution < 1.29 is 13.9 Å². The van der Waals surface area contributed by atoms with Gasteiger partial charge in [-0.3, -0.25) is 0 Å². The predicted octanol–water partition coefficient (Wildman–Crippen LogP) is 7.62. The first-order chi connectivity index (χ1) is 15.8. The Labute approximate surface area is 204 Å². The van der Waals surface area contributed by atoms with Crippen LogP contribution >= 0.6 is 23.2 Å². The molecule has 0 radical (unpaired) electrons. The molecule has 2 aromatic carbocycles. The Morgan fingerprint density at radius 3 is 2.24 bits per heavy atom. The maximum atomic E-state index is 15.4. The fourth-order valence-corrected chi connectivity index (χ4v) is 4.45. The summed E-state index contributed by atoms with van der Waals surface area (Å²) < 4.78 is 30.9. The van der Waals surface area contributed by atoms with Gasteiger partial charge in [0.2, 0.25) is 0 Å². The van der Waals surface area contributed by atoms with Crippen molar-refractivity contribution in [3.63, 3.8) is 0 Å². The lowest BCUT2D eigenvalue weighted by molar-refractivity contribution is 0.0379. The third-order valence-corrected chi connectivity index (χ3v) is 6.27. The molecule has 1 unspecified atom stereocenters. The number of halogens is 4. The van der Waals surface area contributed by atoms with Crippen LogP contribution in [0.2, 0.25) is 10.0 Å². The van der Waals surface area contributed by atoms with Gasteiger partial charge in [-0.05, 0) is 49.7 Å². The van der Waals surface area contributed by atoms with E-state index < -0.39 is 17.7 Å². The molecular formula is C26H30Cl2F2N2O. The topological polar surface area (TPSA) is 36.4 Å². The van der Waals surface area contributed by atoms with E-state index in [2.05, 4.69) is 23.7 Å². The van der Waals surface area contributed by atoms with Crippen molar-refractivity contribution in [3.8, 4) is 0 Å². The molecule has 33 heavy (non-hydrogen) atoms. The van der Waals surface area contributed by atoms with Gasteiger partial charge in [0.1, 0.15) is 5.69 Å². The molecule has 3 nitrogen and oxygen atoms in total. The summed E-state index contributed by atoms with van der Waals surface area (Å²) in [4.78, 5) is 6.41. The summed E-state index contributed by atoms with van der Waals surface area (Å²) in [6.07, 6.45) is 3.08. The maximum absolute atomic E-state index is 15.4. The highest BCUT2D eigenvalue weighted by atomic mass is 35.5. The quantitative estimate of drug-likeness (QED) is 0.297. The van der Waals surface area contributed by atoms with E-state index in [9.17, 15) is 5.11 Å². The smallest absolute Gasteiger partial charge is 0.314 e. The van der Waals surface area contributed by atoms with Gasteiger partial charge in [0.05, 0.1) is 16.6 Å². The number of nitrogens with zero attached hydrogens (tertiary/aromatic N) is 2. The molecule has 0 aliphatic rings. The van der Waals surface area contributed by atoms with E-state index in [4.69, 9.17) is 23.2 Å². The number of aromatic nitrogens is 1. The SMILES string of the molecule is CCCCN(CCCC)CC(O)c1cc(C(F)(F)c2ccccc2)nc2c(Cl)cc(Cl)cc12. The summed E-state index contributed by atoms with van der Waals surface area (Å²) in [5.41, 5.74) is -0.0621. The highest BCUT2D eigenvalue weighted by Gasteiger charge is 2.37. The van der Waals surface area contributed by atoms with Crippen molar-refractivity contribution in [3.05, 3.63) is 75.4 Å². The maximum Gasteiger partial charge on any atom is 0.314 e. The Balaban J connectivity index is 2.08. The molecule has 0 saturated carbocycles. The average Bonchev–Trinajstić information content (AvgIpc) is 2.80. The molecule has 1 atom stereocenters. The molecule has 1 heterocycles. The minimum atomic E-state index is -3.35. The highest BCUT2D eigenvalue weighted by molar-refractivity contribution is 6.38. The van der Waals surface area contributed by atoms with Crippen molar-refractivity contribution in [2.24, 2.45) is 0 Å². The Morgan fingerprint density at radius 2 is 1.64 bits per heavy atom. The van der Waals surface area contributed by atoms with Crippen LogP contribution in [0.15, 0.2) is 48.5 Å². The molecule has 3 rings (SSSR count). The molecule has 1 N–H and O–H groups in total. The normalized spacial score (nSPS) is 13.1. The second-order valence-corrected chi connectivity index (χ2v) is 9.19. The van der Waals surface area contributed by atoms with Gasteiger partial charge in [0, 0.05) is 22.5 Å². The molecule has 3 aromatic rings. The van der Waals surface area contributed by atoms with Crippen LogP contribution in [-0.4, -0.2) is 34.6 Å². The van der Waals surface area contributed by atoms with Crippen molar-refractivity contribution in [2.45, 2.75) is 51.6 Å². The summed E-state index contributed by atoms with van der Waals surface area (Å²) in [6.45, 7) is 6.25. The number of aliphatic hydroxyl groups is 1. The third-order valence-electron chi connectivity index (χ3n) is 5.77. The fraction of sp³-hybridized carbons (Fsp3) is 0.423. The molecule has 0 amide bonds. The molecule has 0 saturated heterocycles. The molecule has 178 valence electrons. The lowest BCUT2D eigenvalue weighted by Crippen LogP contribution is -2.31. The molecular weight excluding hydrogens is 465 g/mol. The van der Waals surface area contributed by atoms with E-state index in [1.807, 2.05) is 0 Å². The van der Waals surface area contributed by atoms with Crippen LogP contribution < -0.4 is 0 Å². The van der Waals surface area contributed by atoms with E-state index in [1.165, 1.54) is 24.3 Å². The van der Waals surface area contributed by atoms with Gasteiger partial charge in [-0.2, -0.15) is 8.78 Å². The number of aliphatic hydroxyl groups excluding tert-OH is 1. The lowest BCUT2D eigenvalue weighted by Gasteiger charge is -2.26. The van der Waals surface area contributed by atoms with Crippen LogP contribution in [-0.2, 0) is 5.92 Å². The standard InChI is InChI=1S/C26H30Cl2F2N2O/c1-3-5-12-32(13-6-4-2)17-23(33)20-16-24(26(29,30)18-10-8-7-9-11-18)31-25-21(20)14-19(27)15-22(25)28/h7-11,14-16,23,33H,3-6,12-13,17H2,1-2H3. The van der Waals surface area contributed by atoms with Crippen LogP contribution in [0.3, 0.4) is 0 Å². The molecule has 7 heteroatoms. The molecule has 1 aromatic heterocycles. The zero-order chi connectivity index (χ0) is 24.0. The molecule has 0 fully saturated rings. The van der Waals surface area contributed by atoms with Crippen molar-refractivity contribution >= 4 is 34.1 Å². The molecule has 0 bridgehead atoms. The van der Waals surface area contributed by atoms with Gasteiger partial charge in [0.25, 0.3) is 0 Å². The van der Waals surface area contributed by atoms with Gasteiger partial charge in [-0.25, -0.2) is 4.98 Å². The monoisotopic (exact) mass is 494 g/mol. The number of hydrogen-bond donors (Lipinski definition) is 1. The average molecular weight is 495 g/mol. The van der Waals surface area contributed by atoms with Gasteiger partial charge in [-0.1, -0.05) is 80.2 Å². The Bertz CT molecular complexity index is 1060. The minimum Gasteiger partial charge on any atom is -0.387 e. The number of pyridine rings is 1. The second-order valence-electron chi connectivity index (χ2n) is 8.34. The zero-order valence-corrected chi connectivity index (χ0v) is 20.5. The number of unbranched alkanes of at least 4 members (excludes halogenated alkanes) is 2. The van der Waals surface area contributed by atoms with Crippen LogP contribution in [0.5, 0.6) is 0 Å². The van der Waals surface area contributed by atoms with Crippen LogP contribution in [0.4, 0.5) is 8.78 Å². The van der Waals surface area contributed by atoms with Gasteiger partial charge < -0.3 is 10.0 Å². The number of benzene rings is 2. The van der Waals surface area contributed by atoms with Crippen LogP contribution in [0, 0.1) is 0 Å². The third kappa shape index (κ3) is 6.21. The van der Waals surface area contributed by atoms with Gasteiger partial charge >= 0.3 is 5.92 Å². The van der Waals surface area contributed by atoms with Crippen LogP contribution in [0.1, 0.15) is 62.5 Å². The van der Waals surface area contributed by atoms with Crippen LogP contribution in [0.25, 0.3) is 10.9 Å². The van der Waals surface area contributed by atoms with E-state index in [1.54, 1.807) is 24.3 Å². The Hall–Kier alpha value is -1.79. The summed E-state index contributed by atoms with van der Waals surface area (Å²) in [6, 6.07) is 11.9. The highest BCUT2D eigenvalue weighted by Crippen LogP contribution is 2.39. The lowest BCUT2D eigenvalue weighted by atomic mass is 9.97. The predicted molar refractivity (Wildman–Crippen MR) is 132 cm³/mol. The molecule has 0 aliphatic heterocycles. The second kappa shape index (κ2) is 11.6. The van der Waals surface area contributed by atoms with Crippen molar-refractivity contribution in [1.82, 2.24) is 9.88 Å². The van der Waals surface area contributed by atoms with Crippen molar-refractivity contribution in [2.75, 3.05) is 19.6 Å². The van der Waals surface area contributed by atoms with Gasteiger partial charge in [0.15, 0.2) is 0 Å². The first-order valence-corrected chi connectivity index (χ1v) is 12.2. The first-order valence-electron chi connectivity index (χ1n) is 11.4. The molecule has 0 aliphatic carbocycles. The van der Waals surface area contributed by atoms with E-state index in [-0.39, 0.29) is 16.1 Å². The fourth-order valence-electron chi connectivity index (χ4n) is 3.91. The molecule has 0 spiro atoms. The Kier molecular flexibility index (Phi) is 9.05. The van der Waals surface area contributed by atoms with Gasteiger partial charge in [-0.15, -0.1) is 0 Å². The van der Waals surface area contributed by atoms with Crippen molar-refractivity contribution in [1.29, 1.82) is 0 Å². The summed E-state index contributed by atoms with van der Waals surface area (Å²) in [5.74, 6) is -3.35. The Morgan fingerprint density at radius 1 is 1.00 bits per heavy atom. The largest absolute Gasteiger partial charge is 0.387 e. The minimum absolute atomic E-state index is 0.171. The number of alkyl halides is 2. The zero-order valence-electron chi connectivity index (χ0n) is 19.0. The number of fused-ring (bicyclic) bond motifs is 1. The number of rotatable bonds is 11. The van der Waals surface area contributed by atoms with E-state index in [0.717, 1.165) is 38.8 Å². The number of hydrogen-bond acceptors (Lipinski definition) is 3. The summed E-state index contributed by atoms with van der Waals surface area (Å²) in [5, 5.41) is 12.2. The summed E-state index contributed by atoms with van der Waals surface area (Å²) in [7, 11) is 0. The summed E-state index contributed by atoms with van der Waals surface area (Å²) >= 11 is 12.6. The van der Waals surface area contributed by atoms with E-state index in [0.29, 0.717) is 22.5 Å². The first kappa shape index (κ1) is 25.8. The van der Waals surface area contributed by atoms with E-state index >= 15 is 8.78 Å².